The lowest BCUT2D eigenvalue weighted by Crippen LogP contribution is -2.32. The molecule has 1 amide bonds. The van der Waals surface area contributed by atoms with Crippen LogP contribution in [0.1, 0.15) is 36.3 Å². The highest BCUT2D eigenvalue weighted by atomic mass is 32.2. The molecule has 3 heterocycles. The number of hydroxylamine groups is 1. The largest absolute Gasteiger partial charge is 0.289 e. The maximum Gasteiger partial charge on any atom is 0.245 e. The van der Waals surface area contributed by atoms with Gasteiger partial charge in [0.2, 0.25) is 5.91 Å². The molecule has 0 spiro atoms. The molecule has 0 saturated carbocycles. The third-order valence-electron chi connectivity index (χ3n) is 4.18. The molecule has 0 unspecified atom stereocenters. The third-order valence-corrected chi connectivity index (χ3v) is 7.26. The molecule has 23 heavy (non-hydrogen) atoms. The molecule has 0 radical (unpaired) electrons. The van der Waals surface area contributed by atoms with Crippen LogP contribution in [-0.2, 0) is 9.54 Å². The van der Waals surface area contributed by atoms with E-state index in [1.54, 1.807) is 16.8 Å². The van der Waals surface area contributed by atoms with Gasteiger partial charge in [-0.25, -0.2) is 5.48 Å². The quantitative estimate of drug-likeness (QED) is 0.644. The van der Waals surface area contributed by atoms with Gasteiger partial charge in [-0.05, 0) is 43.7 Å². The van der Waals surface area contributed by atoms with Crippen molar-refractivity contribution >= 4 is 29.0 Å². The Balaban J connectivity index is 1.91. The zero-order valence-electron chi connectivity index (χ0n) is 13.0. The Morgan fingerprint density at radius 1 is 1.35 bits per heavy atom. The number of aryl methyl sites for hydroxylation is 1. The zero-order valence-corrected chi connectivity index (χ0v) is 14.7. The number of rotatable bonds is 4. The highest BCUT2D eigenvalue weighted by Crippen LogP contribution is 2.50. The second kappa shape index (κ2) is 7.03. The first-order valence-corrected chi connectivity index (χ1v) is 9.53. The van der Waals surface area contributed by atoms with Crippen LogP contribution in [0.25, 0.3) is 10.4 Å². The third kappa shape index (κ3) is 3.59. The van der Waals surface area contributed by atoms with Crippen molar-refractivity contribution in [3.63, 3.8) is 0 Å². The molecule has 1 saturated heterocycles. The summed E-state index contributed by atoms with van der Waals surface area (Å²) in [6, 6.07) is 8.33. The zero-order chi connectivity index (χ0) is 16.3. The maximum absolute atomic E-state index is 11.8. The van der Waals surface area contributed by atoms with Crippen molar-refractivity contribution in [3.8, 4) is 10.4 Å². The minimum Gasteiger partial charge on any atom is -0.289 e. The number of aromatic nitrogens is 1. The fraction of sp³-hybridized carbons (Fsp3) is 0.412. The van der Waals surface area contributed by atoms with Crippen LogP contribution in [0.3, 0.4) is 0 Å². The molecule has 1 aliphatic rings. The van der Waals surface area contributed by atoms with Gasteiger partial charge < -0.3 is 0 Å². The van der Waals surface area contributed by atoms with Gasteiger partial charge in [-0.1, -0.05) is 12.5 Å². The lowest BCUT2D eigenvalue weighted by atomic mass is 9.94. The van der Waals surface area contributed by atoms with Gasteiger partial charge in [-0.3, -0.25) is 15.0 Å². The van der Waals surface area contributed by atoms with Crippen LogP contribution in [0, 0.1) is 6.92 Å². The number of carbonyl (C=O) groups excluding carboxylic acids is 1. The number of pyridine rings is 1. The predicted molar refractivity (Wildman–Crippen MR) is 94.8 cm³/mol. The molecule has 1 fully saturated rings. The number of carbonyl (C=O) groups is 1. The Morgan fingerprint density at radius 3 is 2.87 bits per heavy atom. The standard InChI is InChI=1S/C17H20N2O2S2/c1-12-4-5-13(11-18-12)14-6-7-15(23-14)17(10-16(20)19-21)8-2-3-9-22-17/h4-7,11,21H,2-3,8-10H2,1H3,(H,19,20)/t17-/m0/s1. The summed E-state index contributed by atoms with van der Waals surface area (Å²) in [5, 5.41) is 8.92. The number of hydrogen-bond acceptors (Lipinski definition) is 5. The van der Waals surface area contributed by atoms with Crippen LogP contribution in [0.2, 0.25) is 0 Å². The molecular weight excluding hydrogens is 328 g/mol. The average Bonchev–Trinajstić information content (AvgIpc) is 3.07. The maximum atomic E-state index is 11.8. The number of amides is 1. The molecular formula is C17H20N2O2S2. The van der Waals surface area contributed by atoms with Crippen molar-refractivity contribution in [3.05, 3.63) is 41.0 Å². The van der Waals surface area contributed by atoms with Gasteiger partial charge in [0.05, 0.1) is 4.75 Å². The van der Waals surface area contributed by atoms with Crippen LogP contribution in [0.15, 0.2) is 30.5 Å². The lowest BCUT2D eigenvalue weighted by Gasteiger charge is -2.35. The summed E-state index contributed by atoms with van der Waals surface area (Å²) in [6.07, 6.45) is 5.49. The molecule has 0 aliphatic carbocycles. The fourth-order valence-electron chi connectivity index (χ4n) is 2.92. The molecule has 3 rings (SSSR count). The summed E-state index contributed by atoms with van der Waals surface area (Å²) in [4.78, 5) is 18.5. The monoisotopic (exact) mass is 348 g/mol. The van der Waals surface area contributed by atoms with Crippen molar-refractivity contribution in [1.29, 1.82) is 0 Å². The Hall–Kier alpha value is -1.37. The minimum absolute atomic E-state index is 0.216. The van der Waals surface area contributed by atoms with E-state index in [1.165, 1.54) is 16.2 Å². The van der Waals surface area contributed by atoms with Crippen molar-refractivity contribution in [2.45, 2.75) is 37.4 Å². The van der Waals surface area contributed by atoms with E-state index in [0.717, 1.165) is 29.9 Å². The van der Waals surface area contributed by atoms with Crippen molar-refractivity contribution in [2.24, 2.45) is 0 Å². The summed E-state index contributed by atoms with van der Waals surface area (Å²) in [7, 11) is 0. The van der Waals surface area contributed by atoms with Gasteiger partial charge in [0.15, 0.2) is 0 Å². The van der Waals surface area contributed by atoms with Crippen LogP contribution < -0.4 is 5.48 Å². The molecule has 122 valence electrons. The van der Waals surface area contributed by atoms with Gasteiger partial charge in [0, 0.05) is 33.6 Å². The first kappa shape index (κ1) is 16.5. The Morgan fingerprint density at radius 2 is 2.22 bits per heavy atom. The van der Waals surface area contributed by atoms with E-state index in [2.05, 4.69) is 23.2 Å². The summed E-state index contributed by atoms with van der Waals surface area (Å²) in [5.41, 5.74) is 3.90. The predicted octanol–water partition coefficient (Wildman–Crippen LogP) is 4.13. The van der Waals surface area contributed by atoms with Gasteiger partial charge in [0.25, 0.3) is 0 Å². The normalized spacial score (nSPS) is 21.1. The van der Waals surface area contributed by atoms with Gasteiger partial charge in [-0.2, -0.15) is 0 Å². The molecule has 1 atom stereocenters. The van der Waals surface area contributed by atoms with E-state index in [0.29, 0.717) is 6.42 Å². The van der Waals surface area contributed by atoms with Crippen molar-refractivity contribution in [2.75, 3.05) is 5.75 Å². The second-order valence-corrected chi connectivity index (χ2v) is 8.43. The Kier molecular flexibility index (Phi) is 5.04. The highest BCUT2D eigenvalue weighted by molar-refractivity contribution is 8.00. The van der Waals surface area contributed by atoms with Gasteiger partial charge in [-0.15, -0.1) is 23.1 Å². The molecule has 0 aromatic carbocycles. The number of thiophene rings is 1. The van der Waals surface area contributed by atoms with E-state index in [4.69, 9.17) is 5.21 Å². The molecule has 2 N–H and O–H groups in total. The second-order valence-electron chi connectivity index (χ2n) is 5.86. The van der Waals surface area contributed by atoms with Crippen LogP contribution in [0.5, 0.6) is 0 Å². The number of nitrogens with one attached hydrogen (secondary N) is 1. The molecule has 4 nitrogen and oxygen atoms in total. The molecule has 0 bridgehead atoms. The van der Waals surface area contributed by atoms with Gasteiger partial charge >= 0.3 is 0 Å². The first-order valence-electron chi connectivity index (χ1n) is 7.73. The number of hydrogen-bond donors (Lipinski definition) is 2. The van der Waals surface area contributed by atoms with E-state index >= 15 is 0 Å². The molecule has 2 aromatic heterocycles. The van der Waals surface area contributed by atoms with Crippen LogP contribution in [-0.4, -0.2) is 21.9 Å². The highest BCUT2D eigenvalue weighted by Gasteiger charge is 2.38. The summed E-state index contributed by atoms with van der Waals surface area (Å²) in [6.45, 7) is 1.98. The van der Waals surface area contributed by atoms with E-state index in [1.807, 2.05) is 30.9 Å². The summed E-state index contributed by atoms with van der Waals surface area (Å²) >= 11 is 3.57. The average molecular weight is 348 g/mol. The number of nitrogens with zero attached hydrogens (tertiary/aromatic N) is 1. The van der Waals surface area contributed by atoms with Crippen LogP contribution in [0.4, 0.5) is 0 Å². The first-order chi connectivity index (χ1) is 11.1. The SMILES string of the molecule is Cc1ccc(-c2ccc([C@@]3(CC(=O)NO)CCCCS3)s2)cn1. The lowest BCUT2D eigenvalue weighted by molar-refractivity contribution is -0.129. The van der Waals surface area contributed by atoms with E-state index < -0.39 is 0 Å². The van der Waals surface area contributed by atoms with Crippen molar-refractivity contribution < 1.29 is 10.0 Å². The van der Waals surface area contributed by atoms with Gasteiger partial charge in [0.1, 0.15) is 0 Å². The Labute approximate surface area is 144 Å². The molecule has 2 aromatic rings. The molecule has 6 heteroatoms. The van der Waals surface area contributed by atoms with Crippen molar-refractivity contribution in [1.82, 2.24) is 10.5 Å². The summed E-state index contributed by atoms with van der Waals surface area (Å²) < 4.78 is -0.216. The van der Waals surface area contributed by atoms with E-state index in [9.17, 15) is 4.79 Å². The minimum atomic E-state index is -0.314. The van der Waals surface area contributed by atoms with E-state index in [-0.39, 0.29) is 10.7 Å². The fourth-order valence-corrected chi connectivity index (χ4v) is 5.80. The molecule has 1 aliphatic heterocycles. The topological polar surface area (TPSA) is 62.2 Å². The van der Waals surface area contributed by atoms with Crippen LogP contribution >= 0.6 is 23.1 Å². The summed E-state index contributed by atoms with van der Waals surface area (Å²) in [5.74, 6) is 0.740. The Bertz CT molecular complexity index is 676. The number of thioether (sulfide) groups is 1. The smallest absolute Gasteiger partial charge is 0.245 e.